The zero-order chi connectivity index (χ0) is 18.1. The predicted octanol–water partition coefficient (Wildman–Crippen LogP) is 3.79. The number of aromatic amines is 1. The fourth-order valence-electron chi connectivity index (χ4n) is 3.53. The molecule has 0 spiro atoms. The van der Waals surface area contributed by atoms with E-state index in [9.17, 15) is 5.11 Å². The van der Waals surface area contributed by atoms with Crippen molar-refractivity contribution in [2.24, 2.45) is 0 Å². The lowest BCUT2D eigenvalue weighted by atomic mass is 9.98. The number of nitrogens with zero attached hydrogens (tertiary/aromatic N) is 2. The van der Waals surface area contributed by atoms with Gasteiger partial charge in [0.25, 0.3) is 0 Å². The molecule has 0 bridgehead atoms. The van der Waals surface area contributed by atoms with E-state index in [0.717, 1.165) is 47.8 Å². The minimum Gasteiger partial charge on any atom is -0.504 e. The first kappa shape index (κ1) is 16.7. The summed E-state index contributed by atoms with van der Waals surface area (Å²) in [7, 11) is 0. The second-order valence-corrected chi connectivity index (χ2v) is 6.85. The number of H-pyrrole nitrogens is 1. The summed E-state index contributed by atoms with van der Waals surface area (Å²) in [6, 6.07) is 12.2. The molecule has 1 aliphatic heterocycles. The van der Waals surface area contributed by atoms with Crippen LogP contribution in [0.1, 0.15) is 22.6 Å². The van der Waals surface area contributed by atoms with Gasteiger partial charge in [-0.2, -0.15) is 0 Å². The van der Waals surface area contributed by atoms with Gasteiger partial charge in [0, 0.05) is 37.1 Å². The van der Waals surface area contributed by atoms with E-state index >= 15 is 0 Å². The first-order chi connectivity index (χ1) is 12.6. The van der Waals surface area contributed by atoms with Gasteiger partial charge in [0.1, 0.15) is 12.4 Å². The summed E-state index contributed by atoms with van der Waals surface area (Å²) in [5.41, 5.74) is 5.43. The van der Waals surface area contributed by atoms with Gasteiger partial charge in [-0.25, -0.2) is 4.98 Å². The van der Waals surface area contributed by atoms with Crippen LogP contribution in [-0.4, -0.2) is 33.1 Å². The van der Waals surface area contributed by atoms with Crippen molar-refractivity contribution in [1.29, 1.82) is 0 Å². The summed E-state index contributed by atoms with van der Waals surface area (Å²) in [4.78, 5) is 9.86. The quantitative estimate of drug-likeness (QED) is 0.755. The monoisotopic (exact) mass is 349 g/mol. The topological polar surface area (TPSA) is 61.4 Å². The Labute approximate surface area is 153 Å². The van der Waals surface area contributed by atoms with Crippen molar-refractivity contribution < 1.29 is 9.84 Å². The molecule has 2 N–H and O–H groups in total. The Bertz CT molecular complexity index is 933. The zero-order valence-corrected chi connectivity index (χ0v) is 15.1. The van der Waals surface area contributed by atoms with E-state index in [-0.39, 0.29) is 5.75 Å². The van der Waals surface area contributed by atoms with E-state index in [1.807, 2.05) is 25.3 Å². The number of benzene rings is 2. The van der Waals surface area contributed by atoms with Crippen molar-refractivity contribution in [1.82, 2.24) is 14.9 Å². The lowest BCUT2D eigenvalue weighted by molar-refractivity contribution is 0.215. The molecule has 0 atom stereocenters. The molecule has 0 radical (unpaired) electrons. The molecule has 5 nitrogen and oxygen atoms in total. The Morgan fingerprint density at radius 1 is 1.23 bits per heavy atom. The number of aromatic hydroxyl groups is 1. The molecule has 0 saturated heterocycles. The number of rotatable bonds is 3. The SMILES string of the molecule is Cc1ncc(CN2CCOc3c(O)cc(-c4ccccc4C)cc3C2)[nH]1. The fourth-order valence-corrected chi connectivity index (χ4v) is 3.53. The molecule has 0 saturated carbocycles. The molecule has 1 aliphatic rings. The Morgan fingerprint density at radius 3 is 2.85 bits per heavy atom. The molecule has 5 heteroatoms. The maximum absolute atomic E-state index is 10.5. The number of nitrogens with one attached hydrogen (secondary N) is 1. The first-order valence-electron chi connectivity index (χ1n) is 8.87. The van der Waals surface area contributed by atoms with Gasteiger partial charge in [0.05, 0.1) is 0 Å². The van der Waals surface area contributed by atoms with Crippen LogP contribution in [-0.2, 0) is 13.1 Å². The Balaban J connectivity index is 1.66. The second kappa shape index (κ2) is 6.84. The third-order valence-electron chi connectivity index (χ3n) is 4.80. The second-order valence-electron chi connectivity index (χ2n) is 6.85. The molecule has 2 aromatic carbocycles. The molecule has 0 unspecified atom stereocenters. The van der Waals surface area contributed by atoms with E-state index in [0.29, 0.717) is 12.4 Å². The largest absolute Gasteiger partial charge is 0.504 e. The highest BCUT2D eigenvalue weighted by Crippen LogP contribution is 2.38. The molecule has 26 heavy (non-hydrogen) atoms. The molecule has 134 valence electrons. The van der Waals surface area contributed by atoms with Gasteiger partial charge in [-0.1, -0.05) is 24.3 Å². The lowest BCUT2D eigenvalue weighted by Gasteiger charge is -2.18. The van der Waals surface area contributed by atoms with Crippen molar-refractivity contribution in [3.8, 4) is 22.6 Å². The van der Waals surface area contributed by atoms with Crippen LogP contribution in [0.2, 0.25) is 0 Å². The minimum absolute atomic E-state index is 0.208. The van der Waals surface area contributed by atoms with Gasteiger partial charge in [0.15, 0.2) is 11.5 Å². The van der Waals surface area contributed by atoms with Gasteiger partial charge in [-0.05, 0) is 42.7 Å². The molecular weight excluding hydrogens is 326 g/mol. The third kappa shape index (κ3) is 3.30. The first-order valence-corrected chi connectivity index (χ1v) is 8.87. The average Bonchev–Trinajstić information content (AvgIpc) is 2.90. The minimum atomic E-state index is 0.208. The third-order valence-corrected chi connectivity index (χ3v) is 4.80. The number of phenolic OH excluding ortho intramolecular Hbond substituents is 1. The van der Waals surface area contributed by atoms with E-state index in [2.05, 4.69) is 40.0 Å². The van der Waals surface area contributed by atoms with Crippen LogP contribution >= 0.6 is 0 Å². The number of hydrogen-bond acceptors (Lipinski definition) is 4. The van der Waals surface area contributed by atoms with Crippen LogP contribution in [0.25, 0.3) is 11.1 Å². The highest BCUT2D eigenvalue weighted by atomic mass is 16.5. The zero-order valence-electron chi connectivity index (χ0n) is 15.1. The van der Waals surface area contributed by atoms with Crippen molar-refractivity contribution in [2.45, 2.75) is 26.9 Å². The average molecular weight is 349 g/mol. The molecular formula is C21H23N3O2. The number of phenols is 1. The van der Waals surface area contributed by atoms with Gasteiger partial charge < -0.3 is 14.8 Å². The maximum Gasteiger partial charge on any atom is 0.165 e. The molecule has 0 aliphatic carbocycles. The van der Waals surface area contributed by atoms with Crippen LogP contribution in [0.4, 0.5) is 0 Å². The molecule has 0 amide bonds. The molecule has 4 rings (SSSR count). The summed E-state index contributed by atoms with van der Waals surface area (Å²) >= 11 is 0. The maximum atomic E-state index is 10.5. The smallest absolute Gasteiger partial charge is 0.165 e. The summed E-state index contributed by atoms with van der Waals surface area (Å²) < 4.78 is 5.86. The standard InChI is InChI=1S/C21H23N3O2/c1-14-5-3-4-6-19(14)16-9-17-12-24(13-18-11-22-15(2)23-18)7-8-26-21(17)20(25)10-16/h3-6,9-11,25H,7-8,12-13H2,1-2H3,(H,22,23). The van der Waals surface area contributed by atoms with Crippen LogP contribution in [0.5, 0.6) is 11.5 Å². The van der Waals surface area contributed by atoms with Crippen molar-refractivity contribution in [3.05, 3.63) is 65.2 Å². The molecule has 0 fully saturated rings. The summed E-state index contributed by atoms with van der Waals surface area (Å²) in [5.74, 6) is 1.73. The van der Waals surface area contributed by atoms with E-state index < -0.39 is 0 Å². The van der Waals surface area contributed by atoms with E-state index in [4.69, 9.17) is 4.74 Å². The van der Waals surface area contributed by atoms with Crippen LogP contribution in [0, 0.1) is 13.8 Å². The van der Waals surface area contributed by atoms with E-state index in [1.165, 1.54) is 5.56 Å². The normalized spacial score (nSPS) is 14.5. The summed E-state index contributed by atoms with van der Waals surface area (Å²) in [6.45, 7) is 6.89. The van der Waals surface area contributed by atoms with Crippen LogP contribution in [0.3, 0.4) is 0 Å². The van der Waals surface area contributed by atoms with Gasteiger partial charge in [-0.15, -0.1) is 0 Å². The van der Waals surface area contributed by atoms with Crippen molar-refractivity contribution in [3.63, 3.8) is 0 Å². The molecule has 3 aromatic rings. The number of ether oxygens (including phenoxy) is 1. The summed E-state index contributed by atoms with van der Waals surface area (Å²) in [5, 5.41) is 10.5. The highest BCUT2D eigenvalue weighted by Gasteiger charge is 2.20. The van der Waals surface area contributed by atoms with Crippen LogP contribution in [0.15, 0.2) is 42.6 Å². The highest BCUT2D eigenvalue weighted by molar-refractivity contribution is 5.71. The lowest BCUT2D eigenvalue weighted by Crippen LogP contribution is -2.25. The Hall–Kier alpha value is -2.79. The molecule has 2 heterocycles. The van der Waals surface area contributed by atoms with Crippen molar-refractivity contribution >= 4 is 0 Å². The fraction of sp³-hybridized carbons (Fsp3) is 0.286. The van der Waals surface area contributed by atoms with E-state index in [1.54, 1.807) is 6.07 Å². The number of fused-ring (bicyclic) bond motifs is 1. The number of imidazole rings is 1. The van der Waals surface area contributed by atoms with Crippen LogP contribution < -0.4 is 4.74 Å². The predicted molar refractivity (Wildman–Crippen MR) is 101 cm³/mol. The van der Waals surface area contributed by atoms with Gasteiger partial charge in [-0.3, -0.25) is 4.90 Å². The molecule has 1 aromatic heterocycles. The number of aromatic nitrogens is 2. The van der Waals surface area contributed by atoms with Crippen molar-refractivity contribution in [2.75, 3.05) is 13.2 Å². The number of hydrogen-bond donors (Lipinski definition) is 2. The van der Waals surface area contributed by atoms with Gasteiger partial charge in [0.2, 0.25) is 0 Å². The Kier molecular flexibility index (Phi) is 4.39. The Morgan fingerprint density at radius 2 is 2.08 bits per heavy atom. The summed E-state index contributed by atoms with van der Waals surface area (Å²) in [6.07, 6.45) is 1.88. The van der Waals surface area contributed by atoms with Gasteiger partial charge >= 0.3 is 0 Å². The number of aryl methyl sites for hydroxylation is 2.